The summed E-state index contributed by atoms with van der Waals surface area (Å²) in [7, 11) is 1.70. The van der Waals surface area contributed by atoms with E-state index in [1.807, 2.05) is 47.0 Å². The summed E-state index contributed by atoms with van der Waals surface area (Å²) in [5.74, 6) is 2.89. The average Bonchev–Trinajstić information content (AvgIpc) is 3.38. The van der Waals surface area contributed by atoms with E-state index < -0.39 is 0 Å². The molecular formula is C23H25N5O2. The van der Waals surface area contributed by atoms with E-state index in [0.29, 0.717) is 17.7 Å². The third-order valence-electron chi connectivity index (χ3n) is 6.13. The molecule has 1 fully saturated rings. The van der Waals surface area contributed by atoms with Gasteiger partial charge < -0.3 is 14.6 Å². The van der Waals surface area contributed by atoms with Gasteiger partial charge in [0, 0.05) is 37.8 Å². The Hall–Kier alpha value is -3.19. The van der Waals surface area contributed by atoms with Crippen molar-refractivity contribution in [1.82, 2.24) is 19.7 Å². The first kappa shape index (κ1) is 18.8. The van der Waals surface area contributed by atoms with Gasteiger partial charge in [0.05, 0.1) is 7.11 Å². The number of amides is 1. The summed E-state index contributed by atoms with van der Waals surface area (Å²) in [6.07, 6.45) is 1.04. The lowest BCUT2D eigenvalue weighted by Crippen LogP contribution is -2.27. The van der Waals surface area contributed by atoms with E-state index in [0.717, 1.165) is 49.9 Å². The number of nitrogens with one attached hydrogen (secondary N) is 1. The molecule has 0 spiro atoms. The van der Waals surface area contributed by atoms with Crippen LogP contribution in [0, 0.1) is 5.92 Å². The largest absolute Gasteiger partial charge is 0.497 e. The van der Waals surface area contributed by atoms with Crippen LogP contribution in [-0.4, -0.2) is 45.8 Å². The number of methoxy groups -OCH3 is 1. The maximum Gasteiger partial charge on any atom is 0.293 e. The molecular weight excluding hydrogens is 378 g/mol. The Bertz CT molecular complexity index is 1050. The number of benzene rings is 2. The quantitative estimate of drug-likeness (QED) is 0.709. The third kappa shape index (κ3) is 3.57. The minimum Gasteiger partial charge on any atom is -0.497 e. The van der Waals surface area contributed by atoms with Crippen LogP contribution in [0.2, 0.25) is 0 Å². The fourth-order valence-electron chi connectivity index (χ4n) is 4.68. The van der Waals surface area contributed by atoms with Crippen LogP contribution in [0.5, 0.6) is 5.75 Å². The Morgan fingerprint density at radius 1 is 1.13 bits per heavy atom. The van der Waals surface area contributed by atoms with Crippen molar-refractivity contribution in [2.45, 2.75) is 25.4 Å². The molecule has 0 unspecified atom stereocenters. The molecule has 0 aliphatic carbocycles. The summed E-state index contributed by atoms with van der Waals surface area (Å²) in [6.45, 7) is 3.65. The molecule has 30 heavy (non-hydrogen) atoms. The number of hydrogen-bond donors (Lipinski definition) is 1. The zero-order chi connectivity index (χ0) is 20.5. The van der Waals surface area contributed by atoms with Gasteiger partial charge in [0.2, 0.25) is 5.82 Å². The maximum atomic E-state index is 12.7. The second-order valence-corrected chi connectivity index (χ2v) is 8.05. The molecule has 1 saturated heterocycles. The second-order valence-electron chi connectivity index (χ2n) is 8.05. The molecule has 2 aliphatic rings. The number of hydrogen-bond acceptors (Lipinski definition) is 5. The molecule has 2 aliphatic heterocycles. The van der Waals surface area contributed by atoms with E-state index in [2.05, 4.69) is 32.5 Å². The summed E-state index contributed by atoms with van der Waals surface area (Å²) in [5.41, 5.74) is 2.01. The maximum absolute atomic E-state index is 12.7. The zero-order valence-electron chi connectivity index (χ0n) is 17.0. The van der Waals surface area contributed by atoms with Gasteiger partial charge in [-0.25, -0.2) is 0 Å². The zero-order valence-corrected chi connectivity index (χ0v) is 17.0. The highest BCUT2D eigenvalue weighted by Crippen LogP contribution is 2.38. The minimum atomic E-state index is -0.204. The van der Waals surface area contributed by atoms with Crippen molar-refractivity contribution in [2.24, 2.45) is 5.92 Å². The molecule has 3 aromatic rings. The van der Waals surface area contributed by atoms with Gasteiger partial charge in [-0.1, -0.05) is 30.3 Å². The van der Waals surface area contributed by atoms with E-state index in [9.17, 15) is 4.79 Å². The van der Waals surface area contributed by atoms with Crippen molar-refractivity contribution in [3.63, 3.8) is 0 Å². The van der Waals surface area contributed by atoms with Crippen LogP contribution in [0.1, 0.15) is 34.3 Å². The van der Waals surface area contributed by atoms with Crippen molar-refractivity contribution in [3.05, 3.63) is 71.8 Å². The van der Waals surface area contributed by atoms with Gasteiger partial charge in [-0.2, -0.15) is 0 Å². The molecule has 1 aromatic heterocycles. The molecule has 0 bridgehead atoms. The van der Waals surface area contributed by atoms with Crippen LogP contribution in [0.15, 0.2) is 54.6 Å². The van der Waals surface area contributed by atoms with Gasteiger partial charge in [-0.3, -0.25) is 9.69 Å². The first-order valence-electron chi connectivity index (χ1n) is 10.4. The molecule has 0 radical (unpaired) electrons. The van der Waals surface area contributed by atoms with Crippen molar-refractivity contribution < 1.29 is 9.53 Å². The van der Waals surface area contributed by atoms with Crippen molar-refractivity contribution in [1.29, 1.82) is 0 Å². The first-order valence-corrected chi connectivity index (χ1v) is 10.4. The highest BCUT2D eigenvalue weighted by atomic mass is 16.5. The monoisotopic (exact) mass is 403 g/mol. The highest BCUT2D eigenvalue weighted by molar-refractivity contribution is 6.01. The minimum absolute atomic E-state index is 0.204. The van der Waals surface area contributed by atoms with Crippen LogP contribution in [-0.2, 0) is 13.1 Å². The first-order chi connectivity index (χ1) is 14.7. The van der Waals surface area contributed by atoms with E-state index in [-0.39, 0.29) is 5.91 Å². The molecule has 2 aromatic carbocycles. The Morgan fingerprint density at radius 3 is 2.83 bits per heavy atom. The van der Waals surface area contributed by atoms with Gasteiger partial charge in [0.15, 0.2) is 0 Å². The van der Waals surface area contributed by atoms with E-state index >= 15 is 0 Å². The predicted octanol–water partition coefficient (Wildman–Crippen LogP) is 3.16. The summed E-state index contributed by atoms with van der Waals surface area (Å²) in [4.78, 5) is 15.2. The van der Waals surface area contributed by atoms with Gasteiger partial charge in [0.1, 0.15) is 11.6 Å². The second kappa shape index (κ2) is 7.91. The Kier molecular flexibility index (Phi) is 4.96. The summed E-state index contributed by atoms with van der Waals surface area (Å²) >= 11 is 0. The number of anilines is 1. The summed E-state index contributed by atoms with van der Waals surface area (Å²) in [6, 6.07) is 17.7. The molecule has 1 N–H and O–H groups in total. The molecule has 2 atom stereocenters. The number of rotatable bonds is 5. The number of ether oxygens (including phenoxy) is 1. The number of fused-ring (bicyclic) bond motifs is 3. The van der Waals surface area contributed by atoms with E-state index in [4.69, 9.17) is 4.74 Å². The summed E-state index contributed by atoms with van der Waals surface area (Å²) < 4.78 is 7.36. The van der Waals surface area contributed by atoms with Crippen LogP contribution in [0.4, 0.5) is 5.69 Å². The molecule has 5 rings (SSSR count). The van der Waals surface area contributed by atoms with Crippen LogP contribution < -0.4 is 10.1 Å². The fraction of sp³-hybridized carbons (Fsp3) is 0.348. The lowest BCUT2D eigenvalue weighted by molar-refractivity contribution is 0.101. The molecule has 154 valence electrons. The van der Waals surface area contributed by atoms with Gasteiger partial charge in [-0.05, 0) is 42.2 Å². The molecule has 7 nitrogen and oxygen atoms in total. The van der Waals surface area contributed by atoms with E-state index in [1.165, 1.54) is 5.56 Å². The van der Waals surface area contributed by atoms with Gasteiger partial charge in [0.25, 0.3) is 5.91 Å². The molecule has 0 saturated carbocycles. The number of carbonyl (C=O) groups excluding carboxylic acids is 1. The molecule has 1 amide bonds. The number of nitrogens with zero attached hydrogens (tertiary/aromatic N) is 4. The Morgan fingerprint density at radius 2 is 2.00 bits per heavy atom. The van der Waals surface area contributed by atoms with Crippen molar-refractivity contribution >= 4 is 11.6 Å². The van der Waals surface area contributed by atoms with Crippen molar-refractivity contribution in [2.75, 3.05) is 25.5 Å². The standard InChI is InChI=1S/C23H25N5O2/c1-30-19-9-5-6-16(12-19)13-27-14-17-10-11-28-21(20(17)15-27)25-26-22(28)23(29)24-18-7-3-2-4-8-18/h2-9,12,17,20H,10-11,13-15H2,1H3,(H,24,29)/t17-,20-/m1/s1. The summed E-state index contributed by atoms with van der Waals surface area (Å²) in [5, 5.41) is 11.6. The lowest BCUT2D eigenvalue weighted by atomic mass is 9.89. The topological polar surface area (TPSA) is 72.3 Å². The number of para-hydroxylation sites is 1. The van der Waals surface area contributed by atoms with Gasteiger partial charge >= 0.3 is 0 Å². The van der Waals surface area contributed by atoms with E-state index in [1.54, 1.807) is 7.11 Å². The van der Waals surface area contributed by atoms with Crippen LogP contribution >= 0.6 is 0 Å². The fourth-order valence-corrected chi connectivity index (χ4v) is 4.68. The smallest absolute Gasteiger partial charge is 0.293 e. The lowest BCUT2D eigenvalue weighted by Gasteiger charge is -2.25. The molecule has 7 heteroatoms. The normalized spacial score (nSPS) is 20.4. The number of likely N-dealkylation sites (tertiary alicyclic amines) is 1. The average molecular weight is 403 g/mol. The third-order valence-corrected chi connectivity index (χ3v) is 6.13. The highest BCUT2D eigenvalue weighted by Gasteiger charge is 2.40. The SMILES string of the molecule is COc1cccc(CN2C[C@H]3CCn4c(C(=O)Nc5ccccc5)nnc4[C@@H]3C2)c1. The van der Waals surface area contributed by atoms with Crippen molar-refractivity contribution in [3.8, 4) is 5.75 Å². The Balaban J connectivity index is 1.31. The predicted molar refractivity (Wildman–Crippen MR) is 114 cm³/mol. The van der Waals surface area contributed by atoms with Crippen LogP contribution in [0.3, 0.4) is 0 Å². The Labute approximate surface area is 175 Å². The number of aromatic nitrogens is 3. The number of carbonyl (C=O) groups is 1. The van der Waals surface area contributed by atoms with Gasteiger partial charge in [-0.15, -0.1) is 10.2 Å². The van der Waals surface area contributed by atoms with Crippen LogP contribution in [0.25, 0.3) is 0 Å². The molecule has 3 heterocycles.